The number of allylic oxidation sites excluding steroid dienone is 1. The number of carbonyl (C=O) groups excluding carboxylic acids is 1. The van der Waals surface area contributed by atoms with Gasteiger partial charge in [-0.15, -0.1) is 0 Å². The Labute approximate surface area is 118 Å². The number of hydrogen-bond acceptors (Lipinski definition) is 5. The molecule has 1 aromatic carbocycles. The Morgan fingerprint density at radius 1 is 1.40 bits per heavy atom. The van der Waals surface area contributed by atoms with E-state index in [4.69, 9.17) is 15.3 Å². The fraction of sp³-hybridized carbons (Fsp3) is 0.267. The quantitative estimate of drug-likeness (QED) is 0.633. The Kier molecular flexibility index (Phi) is 6.36. The summed E-state index contributed by atoms with van der Waals surface area (Å²) in [5.41, 5.74) is 1.74. The van der Waals surface area contributed by atoms with Crippen molar-refractivity contribution in [1.82, 2.24) is 0 Å². The van der Waals surface area contributed by atoms with Gasteiger partial charge in [-0.05, 0) is 31.0 Å². The number of carbonyl (C=O) groups is 1. The molecule has 0 aliphatic rings. The van der Waals surface area contributed by atoms with Gasteiger partial charge in [0.05, 0.1) is 6.61 Å². The summed E-state index contributed by atoms with van der Waals surface area (Å²) in [6, 6.07) is 11.0. The van der Waals surface area contributed by atoms with E-state index in [0.717, 1.165) is 11.3 Å². The van der Waals surface area contributed by atoms with Crippen LogP contribution < -0.4 is 5.32 Å². The number of nitrogens with zero attached hydrogens (tertiary/aromatic N) is 2. The minimum absolute atomic E-state index is 0.00178. The molecule has 0 aliphatic heterocycles. The van der Waals surface area contributed by atoms with Crippen molar-refractivity contribution < 1.29 is 9.53 Å². The van der Waals surface area contributed by atoms with Crippen LogP contribution in [0.2, 0.25) is 0 Å². The lowest BCUT2D eigenvalue weighted by Gasteiger charge is -2.05. The highest BCUT2D eigenvalue weighted by molar-refractivity contribution is 5.69. The highest BCUT2D eigenvalue weighted by Crippen LogP contribution is 2.13. The molecular weight excluding hydrogens is 254 g/mol. The SMILES string of the molecule is CCOC(=O)CCc1cccc(NC=C(C#N)C#N)c1. The number of esters is 1. The lowest BCUT2D eigenvalue weighted by molar-refractivity contribution is -0.143. The molecule has 0 aromatic heterocycles. The molecule has 0 unspecified atom stereocenters. The molecule has 0 heterocycles. The molecule has 0 spiro atoms. The number of benzene rings is 1. The molecule has 5 nitrogen and oxygen atoms in total. The lowest BCUT2D eigenvalue weighted by atomic mass is 10.1. The van der Waals surface area contributed by atoms with E-state index >= 15 is 0 Å². The van der Waals surface area contributed by atoms with Gasteiger partial charge in [-0.1, -0.05) is 12.1 Å². The zero-order valence-corrected chi connectivity index (χ0v) is 11.2. The van der Waals surface area contributed by atoms with Gasteiger partial charge in [-0.25, -0.2) is 0 Å². The number of hydrogen-bond donors (Lipinski definition) is 1. The molecule has 0 radical (unpaired) electrons. The summed E-state index contributed by atoms with van der Waals surface area (Å²) in [5, 5.41) is 20.1. The van der Waals surface area contributed by atoms with Crippen molar-refractivity contribution in [2.75, 3.05) is 11.9 Å². The summed E-state index contributed by atoms with van der Waals surface area (Å²) in [6.45, 7) is 2.16. The molecule has 0 saturated carbocycles. The van der Waals surface area contributed by atoms with Crippen molar-refractivity contribution in [3.63, 3.8) is 0 Å². The lowest BCUT2D eigenvalue weighted by Crippen LogP contribution is -2.05. The Morgan fingerprint density at radius 3 is 2.80 bits per heavy atom. The first-order valence-electron chi connectivity index (χ1n) is 6.21. The van der Waals surface area contributed by atoms with Gasteiger partial charge in [-0.2, -0.15) is 10.5 Å². The van der Waals surface area contributed by atoms with Gasteiger partial charge >= 0.3 is 5.97 Å². The van der Waals surface area contributed by atoms with Crippen LogP contribution >= 0.6 is 0 Å². The number of anilines is 1. The minimum atomic E-state index is -0.220. The van der Waals surface area contributed by atoms with Gasteiger partial charge in [0, 0.05) is 18.3 Å². The van der Waals surface area contributed by atoms with Crippen molar-refractivity contribution in [3.8, 4) is 12.1 Å². The molecule has 1 rings (SSSR count). The van der Waals surface area contributed by atoms with E-state index in [1.165, 1.54) is 6.20 Å². The van der Waals surface area contributed by atoms with Gasteiger partial charge in [0.2, 0.25) is 0 Å². The topological polar surface area (TPSA) is 85.9 Å². The summed E-state index contributed by atoms with van der Waals surface area (Å²) in [7, 11) is 0. The Balaban J connectivity index is 2.63. The first-order valence-corrected chi connectivity index (χ1v) is 6.21. The van der Waals surface area contributed by atoms with Crippen LogP contribution in [0, 0.1) is 22.7 Å². The molecule has 0 atom stereocenters. The number of aryl methyl sites for hydroxylation is 1. The molecule has 0 aliphatic carbocycles. The van der Waals surface area contributed by atoms with Gasteiger partial charge < -0.3 is 10.1 Å². The summed E-state index contributed by atoms with van der Waals surface area (Å²) in [5.74, 6) is -0.220. The van der Waals surface area contributed by atoms with Crippen LogP contribution in [0.25, 0.3) is 0 Å². The Hall–Kier alpha value is -2.79. The molecule has 0 saturated heterocycles. The van der Waals surface area contributed by atoms with Gasteiger partial charge in [0.15, 0.2) is 0 Å². The Bertz CT molecular complexity index is 564. The minimum Gasteiger partial charge on any atom is -0.466 e. The summed E-state index contributed by atoms with van der Waals surface area (Å²) < 4.78 is 4.87. The normalized spacial score (nSPS) is 8.95. The van der Waals surface area contributed by atoms with Crippen LogP contribution in [0.4, 0.5) is 5.69 Å². The second-order valence-corrected chi connectivity index (χ2v) is 3.93. The van der Waals surface area contributed by atoms with Crippen molar-refractivity contribution in [2.45, 2.75) is 19.8 Å². The largest absolute Gasteiger partial charge is 0.466 e. The zero-order valence-electron chi connectivity index (χ0n) is 11.2. The van der Waals surface area contributed by atoms with E-state index in [0.29, 0.717) is 19.4 Å². The van der Waals surface area contributed by atoms with Crippen LogP contribution in [-0.2, 0) is 16.0 Å². The van der Waals surface area contributed by atoms with Gasteiger partial charge in [0.1, 0.15) is 17.7 Å². The number of ether oxygens (including phenoxy) is 1. The van der Waals surface area contributed by atoms with Gasteiger partial charge in [-0.3, -0.25) is 4.79 Å². The predicted molar refractivity (Wildman–Crippen MR) is 74.3 cm³/mol. The fourth-order valence-corrected chi connectivity index (χ4v) is 1.54. The van der Waals surface area contributed by atoms with Crippen molar-refractivity contribution >= 4 is 11.7 Å². The summed E-state index contributed by atoms with van der Waals surface area (Å²) in [6.07, 6.45) is 2.26. The third-order valence-electron chi connectivity index (χ3n) is 2.47. The Morgan fingerprint density at radius 2 is 2.15 bits per heavy atom. The number of rotatable bonds is 6. The number of nitrogens with one attached hydrogen (secondary N) is 1. The third-order valence-corrected chi connectivity index (χ3v) is 2.47. The van der Waals surface area contributed by atoms with Crippen LogP contribution in [0.15, 0.2) is 36.0 Å². The third kappa shape index (κ3) is 5.24. The average Bonchev–Trinajstić information content (AvgIpc) is 2.47. The first-order chi connectivity index (χ1) is 9.69. The van der Waals surface area contributed by atoms with Crippen molar-refractivity contribution in [2.24, 2.45) is 0 Å². The molecular formula is C15H15N3O2. The van der Waals surface area contributed by atoms with Crippen molar-refractivity contribution in [1.29, 1.82) is 10.5 Å². The first kappa shape index (κ1) is 15.3. The van der Waals surface area contributed by atoms with E-state index in [2.05, 4.69) is 5.32 Å². The monoisotopic (exact) mass is 269 g/mol. The zero-order chi connectivity index (χ0) is 14.8. The summed E-state index contributed by atoms with van der Waals surface area (Å²) in [4.78, 5) is 11.3. The maximum atomic E-state index is 11.3. The molecule has 0 bridgehead atoms. The second-order valence-electron chi connectivity index (χ2n) is 3.93. The van der Waals surface area contributed by atoms with Gasteiger partial charge in [0.25, 0.3) is 0 Å². The predicted octanol–water partition coefficient (Wildman–Crippen LogP) is 2.53. The average molecular weight is 269 g/mol. The fourth-order valence-electron chi connectivity index (χ4n) is 1.54. The van der Waals surface area contributed by atoms with E-state index in [9.17, 15) is 4.79 Å². The molecule has 0 fully saturated rings. The highest BCUT2D eigenvalue weighted by atomic mass is 16.5. The van der Waals surface area contributed by atoms with Crippen LogP contribution in [-0.4, -0.2) is 12.6 Å². The van der Waals surface area contributed by atoms with Crippen molar-refractivity contribution in [3.05, 3.63) is 41.6 Å². The number of nitriles is 2. The highest BCUT2D eigenvalue weighted by Gasteiger charge is 2.03. The van der Waals surface area contributed by atoms with E-state index < -0.39 is 0 Å². The standard InChI is InChI=1S/C15H15N3O2/c1-2-20-15(19)7-6-12-4-3-5-14(8-12)18-11-13(9-16)10-17/h3-5,8,11,18H,2,6-7H2,1H3. The summed E-state index contributed by atoms with van der Waals surface area (Å²) >= 11 is 0. The molecule has 20 heavy (non-hydrogen) atoms. The second kappa shape index (κ2) is 8.34. The maximum Gasteiger partial charge on any atom is 0.306 e. The molecule has 1 aromatic rings. The smallest absolute Gasteiger partial charge is 0.306 e. The molecule has 5 heteroatoms. The van der Waals surface area contributed by atoms with Crippen LogP contribution in [0.1, 0.15) is 18.9 Å². The van der Waals surface area contributed by atoms with E-state index in [-0.39, 0.29) is 11.5 Å². The molecule has 0 amide bonds. The van der Waals surface area contributed by atoms with Crippen LogP contribution in [0.5, 0.6) is 0 Å². The van der Waals surface area contributed by atoms with Crippen LogP contribution in [0.3, 0.4) is 0 Å². The molecule has 102 valence electrons. The maximum absolute atomic E-state index is 11.3. The van der Waals surface area contributed by atoms with E-state index in [1.807, 2.05) is 24.3 Å². The van der Waals surface area contributed by atoms with E-state index in [1.54, 1.807) is 19.1 Å². The molecule has 1 N–H and O–H groups in total.